The highest BCUT2D eigenvalue weighted by Gasteiger charge is 2.23. The summed E-state index contributed by atoms with van der Waals surface area (Å²) in [5.41, 5.74) is 0.0580. The van der Waals surface area contributed by atoms with Gasteiger partial charge in [-0.25, -0.2) is 22.2 Å². The Hall–Kier alpha value is -3.97. The summed E-state index contributed by atoms with van der Waals surface area (Å²) in [6.45, 7) is 1.47. The van der Waals surface area contributed by atoms with Gasteiger partial charge in [0.15, 0.2) is 11.6 Å². The monoisotopic (exact) mass is 502 g/mol. The number of pyridine rings is 2. The van der Waals surface area contributed by atoms with Crippen molar-refractivity contribution in [2.75, 3.05) is 4.72 Å². The average molecular weight is 503 g/mol. The van der Waals surface area contributed by atoms with E-state index in [-0.39, 0.29) is 21.2 Å². The number of aryl methyl sites for hydroxylation is 1. The SMILES string of the molecule is Cc1ncc(Cl)cc1S(=O)(=O)Nc1ccc(F)c(-c2ccc3c(-n4cnnn4)ncn3c2)c1F. The van der Waals surface area contributed by atoms with E-state index in [1.807, 2.05) is 0 Å². The topological polar surface area (TPSA) is 120 Å². The lowest BCUT2D eigenvalue weighted by Crippen LogP contribution is -2.16. The van der Waals surface area contributed by atoms with E-state index in [1.165, 1.54) is 48.8 Å². The van der Waals surface area contributed by atoms with Crippen LogP contribution in [-0.2, 0) is 10.0 Å². The number of anilines is 1. The lowest BCUT2D eigenvalue weighted by atomic mass is 10.1. The molecule has 1 aromatic carbocycles. The van der Waals surface area contributed by atoms with Crippen molar-refractivity contribution in [3.8, 4) is 16.9 Å². The highest BCUT2D eigenvalue weighted by atomic mass is 35.5. The van der Waals surface area contributed by atoms with Gasteiger partial charge in [-0.15, -0.1) is 5.10 Å². The van der Waals surface area contributed by atoms with Crippen LogP contribution in [0.25, 0.3) is 22.5 Å². The van der Waals surface area contributed by atoms with Crippen LogP contribution >= 0.6 is 11.6 Å². The first-order valence-electron chi connectivity index (χ1n) is 9.58. The number of tetrazole rings is 1. The van der Waals surface area contributed by atoms with E-state index in [0.29, 0.717) is 11.3 Å². The minimum absolute atomic E-state index is 0.0981. The molecule has 0 atom stereocenters. The summed E-state index contributed by atoms with van der Waals surface area (Å²) >= 11 is 5.87. The number of hydrogen-bond donors (Lipinski definition) is 1. The lowest BCUT2D eigenvalue weighted by Gasteiger charge is -2.14. The summed E-state index contributed by atoms with van der Waals surface area (Å²) in [6, 6.07) is 6.25. The molecule has 0 bridgehead atoms. The molecule has 1 N–H and O–H groups in total. The van der Waals surface area contributed by atoms with Gasteiger partial charge in [-0.3, -0.25) is 9.71 Å². The molecule has 0 saturated heterocycles. The van der Waals surface area contributed by atoms with Crippen LogP contribution in [-0.4, -0.2) is 43.0 Å². The number of nitrogens with one attached hydrogen (secondary N) is 1. The molecular weight excluding hydrogens is 490 g/mol. The molecule has 4 heterocycles. The Morgan fingerprint density at radius 1 is 1.09 bits per heavy atom. The van der Waals surface area contributed by atoms with Crippen molar-refractivity contribution in [1.29, 1.82) is 0 Å². The van der Waals surface area contributed by atoms with Gasteiger partial charge in [-0.05, 0) is 41.6 Å². The van der Waals surface area contributed by atoms with Crippen molar-refractivity contribution >= 4 is 32.8 Å². The van der Waals surface area contributed by atoms with Crippen LogP contribution in [0, 0.1) is 18.6 Å². The number of imidazole rings is 1. The van der Waals surface area contributed by atoms with Crippen LogP contribution in [0.5, 0.6) is 0 Å². The molecule has 4 aromatic heterocycles. The molecule has 34 heavy (non-hydrogen) atoms. The van der Waals surface area contributed by atoms with Gasteiger partial charge in [0, 0.05) is 18.0 Å². The van der Waals surface area contributed by atoms with Gasteiger partial charge in [0.25, 0.3) is 10.0 Å². The van der Waals surface area contributed by atoms with Gasteiger partial charge in [-0.2, -0.15) is 4.68 Å². The number of rotatable bonds is 5. The zero-order valence-electron chi connectivity index (χ0n) is 17.2. The first kappa shape index (κ1) is 21.9. The predicted octanol–water partition coefficient (Wildman–Crippen LogP) is 3.41. The van der Waals surface area contributed by atoms with Crippen molar-refractivity contribution in [3.63, 3.8) is 0 Å². The van der Waals surface area contributed by atoms with E-state index in [2.05, 4.69) is 30.2 Å². The molecule has 0 aliphatic rings. The Morgan fingerprint density at radius 3 is 2.68 bits per heavy atom. The highest BCUT2D eigenvalue weighted by molar-refractivity contribution is 7.92. The van der Waals surface area contributed by atoms with E-state index in [1.54, 1.807) is 10.5 Å². The zero-order chi connectivity index (χ0) is 24.0. The van der Waals surface area contributed by atoms with Crippen molar-refractivity contribution in [2.24, 2.45) is 0 Å². The van der Waals surface area contributed by atoms with Crippen LogP contribution in [0.4, 0.5) is 14.5 Å². The fourth-order valence-electron chi connectivity index (χ4n) is 3.43. The van der Waals surface area contributed by atoms with Crippen molar-refractivity contribution in [2.45, 2.75) is 11.8 Å². The second-order valence-corrected chi connectivity index (χ2v) is 9.25. The summed E-state index contributed by atoms with van der Waals surface area (Å²) in [5, 5.41) is 11.0. The van der Waals surface area contributed by atoms with E-state index in [4.69, 9.17) is 11.6 Å². The number of benzene rings is 1. The van der Waals surface area contributed by atoms with Gasteiger partial charge < -0.3 is 4.40 Å². The van der Waals surface area contributed by atoms with Crippen molar-refractivity contribution < 1.29 is 17.2 Å². The van der Waals surface area contributed by atoms with E-state index in [0.717, 1.165) is 12.1 Å². The smallest absolute Gasteiger partial charge is 0.263 e. The number of hydrogen-bond acceptors (Lipinski definition) is 7. The third-order valence-electron chi connectivity index (χ3n) is 5.00. The Labute approximate surface area is 195 Å². The average Bonchev–Trinajstić information content (AvgIpc) is 3.47. The summed E-state index contributed by atoms with van der Waals surface area (Å²) in [4.78, 5) is 7.91. The standard InChI is InChI=1S/C20H13ClF2N8O2S/c1-11-17(6-13(21)7-24-11)34(32,33)27-15-4-3-14(22)18(19(15)23)12-2-5-16-20(25-9-30(16)8-12)31-10-26-28-29-31/h2-10,27H,1H3. The summed E-state index contributed by atoms with van der Waals surface area (Å²) in [6.07, 6.45) is 5.56. The minimum Gasteiger partial charge on any atom is -0.304 e. The summed E-state index contributed by atoms with van der Waals surface area (Å²) in [5.74, 6) is -1.54. The van der Waals surface area contributed by atoms with Gasteiger partial charge >= 0.3 is 0 Å². The second-order valence-electron chi connectivity index (χ2n) is 7.16. The van der Waals surface area contributed by atoms with E-state index >= 15 is 4.39 Å². The van der Waals surface area contributed by atoms with E-state index < -0.39 is 32.9 Å². The molecule has 5 rings (SSSR count). The van der Waals surface area contributed by atoms with Crippen LogP contribution in [0.1, 0.15) is 5.69 Å². The third kappa shape index (κ3) is 3.74. The Morgan fingerprint density at radius 2 is 1.91 bits per heavy atom. The van der Waals surface area contributed by atoms with Crippen molar-refractivity contribution in [3.05, 3.63) is 77.7 Å². The van der Waals surface area contributed by atoms with E-state index in [9.17, 15) is 12.8 Å². The van der Waals surface area contributed by atoms with Crippen LogP contribution in [0.15, 0.2) is 60.3 Å². The molecule has 0 unspecified atom stereocenters. The molecule has 0 spiro atoms. The molecule has 10 nitrogen and oxygen atoms in total. The maximum absolute atomic E-state index is 15.4. The first-order valence-corrected chi connectivity index (χ1v) is 11.4. The van der Waals surface area contributed by atoms with Gasteiger partial charge in [0.1, 0.15) is 23.4 Å². The van der Waals surface area contributed by atoms with Gasteiger partial charge in [-0.1, -0.05) is 17.7 Å². The third-order valence-corrected chi connectivity index (χ3v) is 6.69. The predicted molar refractivity (Wildman–Crippen MR) is 118 cm³/mol. The summed E-state index contributed by atoms with van der Waals surface area (Å²) in [7, 11) is -4.25. The van der Waals surface area contributed by atoms with Gasteiger partial charge in [0.05, 0.1) is 27.5 Å². The maximum atomic E-state index is 15.4. The number of aromatic nitrogens is 7. The highest BCUT2D eigenvalue weighted by Crippen LogP contribution is 2.33. The number of nitrogens with zero attached hydrogens (tertiary/aromatic N) is 7. The lowest BCUT2D eigenvalue weighted by molar-refractivity contribution is 0.587. The fourth-order valence-corrected chi connectivity index (χ4v) is 4.93. The molecule has 0 amide bonds. The molecular formula is C20H13ClF2N8O2S. The molecule has 5 aromatic rings. The molecule has 0 aliphatic carbocycles. The molecule has 0 fully saturated rings. The number of halogens is 3. The minimum atomic E-state index is -4.25. The Bertz CT molecular complexity index is 1660. The van der Waals surface area contributed by atoms with Crippen molar-refractivity contribution in [1.82, 2.24) is 34.6 Å². The Balaban J connectivity index is 1.56. The number of sulfonamides is 1. The normalized spacial score (nSPS) is 11.8. The molecule has 0 aliphatic heterocycles. The number of fused-ring (bicyclic) bond motifs is 1. The first-order chi connectivity index (χ1) is 16.2. The summed E-state index contributed by atoms with van der Waals surface area (Å²) < 4.78 is 60.9. The second kappa shape index (κ2) is 8.11. The van der Waals surface area contributed by atoms with Crippen LogP contribution in [0.2, 0.25) is 5.02 Å². The maximum Gasteiger partial charge on any atom is 0.263 e. The zero-order valence-corrected chi connectivity index (χ0v) is 18.8. The fraction of sp³-hybridized carbons (Fsp3) is 0.0500. The molecule has 0 radical (unpaired) electrons. The largest absolute Gasteiger partial charge is 0.304 e. The Kier molecular flexibility index (Phi) is 5.21. The van der Waals surface area contributed by atoms with Gasteiger partial charge in [0.2, 0.25) is 0 Å². The molecule has 14 heteroatoms. The quantitative estimate of drug-likeness (QED) is 0.391. The van der Waals surface area contributed by atoms with Crippen LogP contribution < -0.4 is 4.72 Å². The molecule has 172 valence electrons. The molecule has 0 saturated carbocycles. The van der Waals surface area contributed by atoms with Crippen LogP contribution in [0.3, 0.4) is 0 Å².